The van der Waals surface area contributed by atoms with Gasteiger partial charge in [0.05, 0.1) is 10.9 Å². The first-order valence-corrected chi connectivity index (χ1v) is 4.77. The summed E-state index contributed by atoms with van der Waals surface area (Å²) in [6.07, 6.45) is 3.13. The number of anilines is 1. The molecule has 0 amide bonds. The van der Waals surface area contributed by atoms with Crippen LogP contribution in [0.4, 0.5) is 5.95 Å². The minimum absolute atomic E-state index is 0.170. The Hall–Kier alpha value is -1.91. The summed E-state index contributed by atoms with van der Waals surface area (Å²) in [6.45, 7) is 3.97. The highest BCUT2D eigenvalue weighted by Gasteiger charge is 2.03. The van der Waals surface area contributed by atoms with Crippen LogP contribution >= 0.6 is 0 Å². The largest absolute Gasteiger partial charge is 0.354 e. The molecule has 2 aromatic heterocycles. The van der Waals surface area contributed by atoms with Gasteiger partial charge in [0.2, 0.25) is 5.95 Å². The number of fused-ring (bicyclic) bond motifs is 1. The summed E-state index contributed by atoms with van der Waals surface area (Å²) in [6, 6.07) is 1.95. The highest BCUT2D eigenvalue weighted by Crippen LogP contribution is 2.06. The zero-order chi connectivity index (χ0) is 10.8. The Balaban J connectivity index is 2.57. The molecule has 0 saturated heterocycles. The minimum atomic E-state index is -0.170. The van der Waals surface area contributed by atoms with Gasteiger partial charge in [0.25, 0.3) is 5.56 Å². The van der Waals surface area contributed by atoms with Crippen molar-refractivity contribution >= 4 is 16.9 Å². The number of nitrogens with one attached hydrogen (secondary N) is 2. The van der Waals surface area contributed by atoms with Gasteiger partial charge in [-0.25, -0.2) is 4.98 Å². The van der Waals surface area contributed by atoms with E-state index in [1.165, 1.54) is 6.20 Å². The third-order valence-corrected chi connectivity index (χ3v) is 1.93. The van der Waals surface area contributed by atoms with Gasteiger partial charge in [-0.15, -0.1) is 0 Å². The third-order valence-electron chi connectivity index (χ3n) is 1.93. The summed E-state index contributed by atoms with van der Waals surface area (Å²) >= 11 is 0. The predicted octanol–water partition coefficient (Wildman–Crippen LogP) is 1.14. The molecule has 0 fully saturated rings. The monoisotopic (exact) mass is 204 g/mol. The zero-order valence-corrected chi connectivity index (χ0v) is 8.61. The maximum atomic E-state index is 11.6. The van der Waals surface area contributed by atoms with E-state index < -0.39 is 0 Å². The lowest BCUT2D eigenvalue weighted by Gasteiger charge is -2.08. The molecule has 0 aliphatic heterocycles. The molecule has 15 heavy (non-hydrogen) atoms. The maximum absolute atomic E-state index is 11.6. The van der Waals surface area contributed by atoms with E-state index in [9.17, 15) is 4.79 Å². The number of hydrogen-bond acceptors (Lipinski definition) is 4. The molecule has 2 aromatic rings. The molecule has 0 radical (unpaired) electrons. The highest BCUT2D eigenvalue weighted by atomic mass is 16.1. The number of nitrogens with zero attached hydrogens (tertiary/aromatic N) is 2. The topological polar surface area (TPSA) is 70.7 Å². The Labute approximate surface area is 86.6 Å². The van der Waals surface area contributed by atoms with E-state index in [0.29, 0.717) is 16.9 Å². The lowest BCUT2D eigenvalue weighted by molar-refractivity contribution is 0.875. The van der Waals surface area contributed by atoms with Crippen LogP contribution in [0, 0.1) is 0 Å². The van der Waals surface area contributed by atoms with Crippen molar-refractivity contribution in [1.82, 2.24) is 15.0 Å². The van der Waals surface area contributed by atoms with Crippen molar-refractivity contribution in [2.75, 3.05) is 5.32 Å². The fourth-order valence-corrected chi connectivity index (χ4v) is 1.32. The Kier molecular flexibility index (Phi) is 2.37. The summed E-state index contributed by atoms with van der Waals surface area (Å²) in [7, 11) is 0. The molecule has 78 valence electrons. The molecule has 0 bridgehead atoms. The third kappa shape index (κ3) is 1.96. The second-order valence-corrected chi connectivity index (χ2v) is 3.61. The number of H-pyrrole nitrogens is 1. The van der Waals surface area contributed by atoms with Crippen molar-refractivity contribution in [3.05, 3.63) is 28.8 Å². The molecule has 2 rings (SSSR count). The molecule has 0 aliphatic rings. The van der Waals surface area contributed by atoms with Crippen LogP contribution in [-0.4, -0.2) is 21.0 Å². The van der Waals surface area contributed by atoms with Crippen LogP contribution in [0.5, 0.6) is 0 Å². The van der Waals surface area contributed by atoms with Crippen LogP contribution in [0.2, 0.25) is 0 Å². The fraction of sp³-hybridized carbons (Fsp3) is 0.300. The smallest absolute Gasteiger partial charge is 0.261 e. The molecule has 0 spiro atoms. The number of pyridine rings is 1. The van der Waals surface area contributed by atoms with Crippen molar-refractivity contribution in [2.45, 2.75) is 19.9 Å². The van der Waals surface area contributed by atoms with E-state index in [4.69, 9.17) is 0 Å². The van der Waals surface area contributed by atoms with Crippen molar-refractivity contribution in [3.8, 4) is 0 Å². The van der Waals surface area contributed by atoms with E-state index in [0.717, 1.165) is 0 Å². The van der Waals surface area contributed by atoms with Crippen LogP contribution in [-0.2, 0) is 0 Å². The van der Waals surface area contributed by atoms with Crippen molar-refractivity contribution in [1.29, 1.82) is 0 Å². The average Bonchev–Trinajstić information content (AvgIpc) is 2.16. The molecule has 0 aliphatic carbocycles. The van der Waals surface area contributed by atoms with Gasteiger partial charge in [-0.1, -0.05) is 0 Å². The molecule has 0 unspecified atom stereocenters. The van der Waals surface area contributed by atoms with E-state index in [-0.39, 0.29) is 11.6 Å². The minimum Gasteiger partial charge on any atom is -0.354 e. The number of hydrogen-bond donors (Lipinski definition) is 2. The fourth-order valence-electron chi connectivity index (χ4n) is 1.32. The van der Waals surface area contributed by atoms with Gasteiger partial charge in [0, 0.05) is 18.4 Å². The van der Waals surface area contributed by atoms with Gasteiger partial charge in [-0.2, -0.15) is 0 Å². The van der Waals surface area contributed by atoms with Crippen LogP contribution in [0.25, 0.3) is 10.9 Å². The SMILES string of the molecule is CC(C)Nc1nc2ccncc2c(=O)[nH]1. The second kappa shape index (κ2) is 3.68. The summed E-state index contributed by atoms with van der Waals surface area (Å²) in [5.41, 5.74) is 0.480. The summed E-state index contributed by atoms with van der Waals surface area (Å²) in [4.78, 5) is 22.4. The average molecular weight is 204 g/mol. The van der Waals surface area contributed by atoms with Crippen molar-refractivity contribution < 1.29 is 0 Å². The molecule has 5 nitrogen and oxygen atoms in total. The molecular formula is C10H12N4O. The second-order valence-electron chi connectivity index (χ2n) is 3.61. The predicted molar refractivity (Wildman–Crippen MR) is 58.9 cm³/mol. The standard InChI is InChI=1S/C10H12N4O/c1-6(2)12-10-13-8-3-4-11-5-7(8)9(15)14-10/h3-6H,1-2H3,(H2,12,13,14,15). The van der Waals surface area contributed by atoms with E-state index in [1.807, 2.05) is 13.8 Å². The Morgan fingerprint density at radius 1 is 1.47 bits per heavy atom. The first-order chi connectivity index (χ1) is 7.16. The van der Waals surface area contributed by atoms with Gasteiger partial charge >= 0.3 is 0 Å². The van der Waals surface area contributed by atoms with Gasteiger partial charge in [0.1, 0.15) is 0 Å². The lowest BCUT2D eigenvalue weighted by atomic mass is 10.3. The van der Waals surface area contributed by atoms with Gasteiger partial charge in [-0.05, 0) is 19.9 Å². The molecule has 0 saturated carbocycles. The van der Waals surface area contributed by atoms with E-state index >= 15 is 0 Å². The number of aromatic nitrogens is 3. The summed E-state index contributed by atoms with van der Waals surface area (Å²) in [5, 5.41) is 3.56. The van der Waals surface area contributed by atoms with Crippen LogP contribution in [0.1, 0.15) is 13.8 Å². The van der Waals surface area contributed by atoms with Crippen molar-refractivity contribution in [2.24, 2.45) is 0 Å². The molecular weight excluding hydrogens is 192 g/mol. The molecule has 2 N–H and O–H groups in total. The first kappa shape index (κ1) is 9.64. The zero-order valence-electron chi connectivity index (χ0n) is 8.61. The highest BCUT2D eigenvalue weighted by molar-refractivity contribution is 5.77. The van der Waals surface area contributed by atoms with E-state index in [1.54, 1.807) is 12.3 Å². The molecule has 0 atom stereocenters. The van der Waals surface area contributed by atoms with Crippen LogP contribution in [0.15, 0.2) is 23.3 Å². The molecule has 5 heteroatoms. The van der Waals surface area contributed by atoms with E-state index in [2.05, 4.69) is 20.3 Å². The normalized spacial score (nSPS) is 10.9. The number of aromatic amines is 1. The quantitative estimate of drug-likeness (QED) is 0.769. The first-order valence-electron chi connectivity index (χ1n) is 4.77. The van der Waals surface area contributed by atoms with Gasteiger partial charge in [-0.3, -0.25) is 14.8 Å². The molecule has 0 aromatic carbocycles. The maximum Gasteiger partial charge on any atom is 0.261 e. The Bertz CT molecular complexity index is 532. The lowest BCUT2D eigenvalue weighted by Crippen LogP contribution is -2.17. The van der Waals surface area contributed by atoms with Crippen LogP contribution in [0.3, 0.4) is 0 Å². The molecule has 2 heterocycles. The van der Waals surface area contributed by atoms with Crippen LogP contribution < -0.4 is 10.9 Å². The summed E-state index contributed by atoms with van der Waals surface area (Å²) in [5.74, 6) is 0.494. The Morgan fingerprint density at radius 3 is 3.00 bits per heavy atom. The van der Waals surface area contributed by atoms with Crippen molar-refractivity contribution in [3.63, 3.8) is 0 Å². The Morgan fingerprint density at radius 2 is 2.27 bits per heavy atom. The number of rotatable bonds is 2. The summed E-state index contributed by atoms with van der Waals surface area (Å²) < 4.78 is 0. The van der Waals surface area contributed by atoms with Gasteiger partial charge in [0.15, 0.2) is 0 Å². The van der Waals surface area contributed by atoms with Gasteiger partial charge < -0.3 is 5.32 Å².